The van der Waals surface area contributed by atoms with Crippen LogP contribution in [0.5, 0.6) is 0 Å². The maximum atomic E-state index is 13.4. The molecular weight excluding hydrogens is 394 g/mol. The number of carbonyl (C=O) groups excluding carboxylic acids is 1. The Kier molecular flexibility index (Phi) is 5.63. The molecule has 8 nitrogen and oxygen atoms in total. The summed E-state index contributed by atoms with van der Waals surface area (Å²) in [5.41, 5.74) is 1.64. The number of nitrogens with one attached hydrogen (secondary N) is 2. The summed E-state index contributed by atoms with van der Waals surface area (Å²) in [6.45, 7) is 7.95. The minimum Gasteiger partial charge on any atom is -0.370 e. The molecule has 31 heavy (non-hydrogen) atoms. The summed E-state index contributed by atoms with van der Waals surface area (Å²) in [4.78, 5) is 47.5. The van der Waals surface area contributed by atoms with Crippen molar-refractivity contribution >= 4 is 28.3 Å². The fourth-order valence-electron chi connectivity index (χ4n) is 4.06. The number of aromatic nitrogens is 3. The molecule has 0 atom stereocenters. The fourth-order valence-corrected chi connectivity index (χ4v) is 4.06. The van der Waals surface area contributed by atoms with E-state index in [-0.39, 0.29) is 22.5 Å². The van der Waals surface area contributed by atoms with Crippen molar-refractivity contribution in [2.24, 2.45) is 0 Å². The van der Waals surface area contributed by atoms with Crippen molar-refractivity contribution in [3.63, 3.8) is 0 Å². The first-order valence-corrected chi connectivity index (χ1v) is 10.7. The van der Waals surface area contributed by atoms with E-state index in [2.05, 4.69) is 20.2 Å². The number of rotatable bonds is 5. The Bertz CT molecular complexity index is 1250. The van der Waals surface area contributed by atoms with Gasteiger partial charge in [0.25, 0.3) is 11.5 Å². The first-order valence-electron chi connectivity index (χ1n) is 10.7. The van der Waals surface area contributed by atoms with Crippen molar-refractivity contribution < 1.29 is 4.79 Å². The van der Waals surface area contributed by atoms with Crippen LogP contribution >= 0.6 is 0 Å². The number of aromatic amines is 1. The highest BCUT2D eigenvalue weighted by molar-refractivity contribution is 6.12. The van der Waals surface area contributed by atoms with Gasteiger partial charge in [0, 0.05) is 25.3 Å². The van der Waals surface area contributed by atoms with Gasteiger partial charge in [-0.15, -0.1) is 0 Å². The van der Waals surface area contributed by atoms with Crippen molar-refractivity contribution in [1.82, 2.24) is 14.5 Å². The highest BCUT2D eigenvalue weighted by Gasteiger charge is 2.22. The van der Waals surface area contributed by atoms with E-state index in [1.54, 1.807) is 13.0 Å². The van der Waals surface area contributed by atoms with Crippen LogP contribution in [0.4, 0.5) is 11.4 Å². The van der Waals surface area contributed by atoms with Crippen LogP contribution in [-0.4, -0.2) is 33.5 Å². The molecule has 3 aromatic rings. The third-order valence-electron chi connectivity index (χ3n) is 5.72. The van der Waals surface area contributed by atoms with Gasteiger partial charge >= 0.3 is 5.69 Å². The van der Waals surface area contributed by atoms with Crippen molar-refractivity contribution in [1.29, 1.82) is 0 Å². The summed E-state index contributed by atoms with van der Waals surface area (Å²) < 4.78 is 1.39. The average molecular weight is 422 g/mol. The first kappa shape index (κ1) is 20.8. The van der Waals surface area contributed by atoms with E-state index < -0.39 is 17.2 Å². The fraction of sp³-hybridized carbons (Fsp3) is 0.391. The number of pyridine rings is 1. The monoisotopic (exact) mass is 421 g/mol. The molecule has 2 N–H and O–H groups in total. The summed E-state index contributed by atoms with van der Waals surface area (Å²) in [6.07, 6.45) is 2.25. The number of para-hydroxylation sites is 2. The van der Waals surface area contributed by atoms with Crippen molar-refractivity contribution in [3.8, 4) is 0 Å². The van der Waals surface area contributed by atoms with Crippen molar-refractivity contribution in [3.05, 3.63) is 62.4 Å². The van der Waals surface area contributed by atoms with Gasteiger partial charge in [0.1, 0.15) is 0 Å². The lowest BCUT2D eigenvalue weighted by atomic mass is 10.0. The Labute approximate surface area is 179 Å². The maximum absolute atomic E-state index is 13.4. The van der Waals surface area contributed by atoms with E-state index in [4.69, 9.17) is 0 Å². The molecular formula is C23H27N5O3. The van der Waals surface area contributed by atoms with Crippen LogP contribution in [0.25, 0.3) is 11.0 Å². The van der Waals surface area contributed by atoms with E-state index in [0.29, 0.717) is 17.9 Å². The zero-order chi connectivity index (χ0) is 22.1. The number of hydrogen-bond donors (Lipinski definition) is 2. The molecule has 1 saturated heterocycles. The van der Waals surface area contributed by atoms with E-state index in [1.165, 1.54) is 4.57 Å². The van der Waals surface area contributed by atoms with E-state index in [0.717, 1.165) is 31.6 Å². The Balaban J connectivity index is 1.85. The lowest BCUT2D eigenvalue weighted by molar-refractivity contribution is 0.102. The first-order chi connectivity index (χ1) is 14.9. The minimum absolute atomic E-state index is 0.0209. The molecule has 1 aromatic carbocycles. The van der Waals surface area contributed by atoms with Gasteiger partial charge < -0.3 is 10.2 Å². The zero-order valence-electron chi connectivity index (χ0n) is 18.1. The van der Waals surface area contributed by atoms with Gasteiger partial charge in [0.05, 0.1) is 22.3 Å². The van der Waals surface area contributed by atoms with Crippen LogP contribution in [-0.2, 0) is 6.54 Å². The lowest BCUT2D eigenvalue weighted by Gasteiger charge is -2.22. The number of benzene rings is 1. The standard InChI is InChI=1S/C23H27N5O3/c1-4-28-20-19(22(30)26-23(28)31)15(13-17(24-20)14(2)3)21(29)25-16-9-5-6-10-18(16)27-11-7-8-12-27/h5-6,9-10,13-14H,4,7-8,11-12H2,1-3H3,(H,25,29)(H,26,30,31). The van der Waals surface area contributed by atoms with Crippen LogP contribution < -0.4 is 21.5 Å². The molecule has 4 rings (SSSR count). The number of nitrogens with zero attached hydrogens (tertiary/aromatic N) is 3. The number of anilines is 2. The second kappa shape index (κ2) is 8.37. The quantitative estimate of drug-likeness (QED) is 0.659. The molecule has 1 amide bonds. The zero-order valence-corrected chi connectivity index (χ0v) is 18.1. The molecule has 8 heteroatoms. The third-order valence-corrected chi connectivity index (χ3v) is 5.72. The highest BCUT2D eigenvalue weighted by Crippen LogP contribution is 2.29. The van der Waals surface area contributed by atoms with Crippen molar-refractivity contribution in [2.75, 3.05) is 23.3 Å². The molecule has 162 valence electrons. The SMILES string of the molecule is CCn1c(=O)[nH]c(=O)c2c(C(=O)Nc3ccccc3N3CCCC3)cc(C(C)C)nc21. The number of fused-ring (bicyclic) bond motifs is 1. The Morgan fingerprint density at radius 2 is 1.90 bits per heavy atom. The molecule has 3 heterocycles. The predicted molar refractivity (Wildman–Crippen MR) is 122 cm³/mol. The predicted octanol–water partition coefficient (Wildman–Crippen LogP) is 3.08. The molecule has 0 unspecified atom stereocenters. The van der Waals surface area contributed by atoms with Gasteiger partial charge in [-0.05, 0) is 43.9 Å². The molecule has 1 fully saturated rings. The van der Waals surface area contributed by atoms with Gasteiger partial charge in [0.2, 0.25) is 0 Å². The molecule has 2 aromatic heterocycles. The number of hydrogen-bond acceptors (Lipinski definition) is 5. The minimum atomic E-state index is -0.606. The summed E-state index contributed by atoms with van der Waals surface area (Å²) >= 11 is 0. The van der Waals surface area contributed by atoms with Crippen LogP contribution in [0, 0.1) is 0 Å². The highest BCUT2D eigenvalue weighted by atomic mass is 16.2. The largest absolute Gasteiger partial charge is 0.370 e. The molecule has 0 bridgehead atoms. The molecule has 0 radical (unpaired) electrons. The summed E-state index contributed by atoms with van der Waals surface area (Å²) in [5.74, 6) is -0.375. The third kappa shape index (κ3) is 3.85. The summed E-state index contributed by atoms with van der Waals surface area (Å²) in [5, 5.41) is 3.12. The summed E-state index contributed by atoms with van der Waals surface area (Å²) in [6, 6.07) is 9.34. The van der Waals surface area contributed by atoms with Gasteiger partial charge in [-0.25, -0.2) is 9.78 Å². The topological polar surface area (TPSA) is 100 Å². The van der Waals surface area contributed by atoms with Crippen LogP contribution in [0.1, 0.15) is 55.6 Å². The number of amides is 1. The van der Waals surface area contributed by atoms with Crippen LogP contribution in [0.2, 0.25) is 0 Å². The normalized spacial score (nSPS) is 13.9. The summed E-state index contributed by atoms with van der Waals surface area (Å²) in [7, 11) is 0. The Morgan fingerprint density at radius 1 is 1.19 bits per heavy atom. The number of H-pyrrole nitrogens is 1. The second-order valence-electron chi connectivity index (χ2n) is 8.12. The Hall–Kier alpha value is -3.42. The second-order valence-corrected chi connectivity index (χ2v) is 8.12. The number of aryl methyl sites for hydroxylation is 1. The van der Waals surface area contributed by atoms with Gasteiger partial charge in [-0.3, -0.25) is 19.1 Å². The smallest absolute Gasteiger partial charge is 0.329 e. The van der Waals surface area contributed by atoms with E-state index in [1.807, 2.05) is 38.1 Å². The van der Waals surface area contributed by atoms with E-state index >= 15 is 0 Å². The molecule has 1 aliphatic rings. The molecule has 0 aliphatic carbocycles. The maximum Gasteiger partial charge on any atom is 0.329 e. The Morgan fingerprint density at radius 3 is 2.58 bits per heavy atom. The van der Waals surface area contributed by atoms with Crippen molar-refractivity contribution in [2.45, 2.75) is 46.1 Å². The molecule has 1 aliphatic heterocycles. The average Bonchev–Trinajstić information content (AvgIpc) is 3.28. The molecule has 0 spiro atoms. The van der Waals surface area contributed by atoms with Crippen LogP contribution in [0.3, 0.4) is 0 Å². The van der Waals surface area contributed by atoms with E-state index in [9.17, 15) is 14.4 Å². The van der Waals surface area contributed by atoms with Gasteiger partial charge in [-0.1, -0.05) is 26.0 Å². The molecule has 0 saturated carbocycles. The van der Waals surface area contributed by atoms with Crippen LogP contribution in [0.15, 0.2) is 39.9 Å². The lowest BCUT2D eigenvalue weighted by Crippen LogP contribution is -2.32. The van der Waals surface area contributed by atoms with Gasteiger partial charge in [0.15, 0.2) is 5.65 Å². The van der Waals surface area contributed by atoms with Gasteiger partial charge in [-0.2, -0.15) is 0 Å². The number of carbonyl (C=O) groups is 1.